The summed E-state index contributed by atoms with van der Waals surface area (Å²) in [6.07, 6.45) is 0. The van der Waals surface area contributed by atoms with Gasteiger partial charge in [0.1, 0.15) is 0 Å². The number of nitrogens with zero attached hydrogens (tertiary/aromatic N) is 3. The lowest BCUT2D eigenvalue weighted by Crippen LogP contribution is -2.47. The first-order chi connectivity index (χ1) is 8.27. The Morgan fingerprint density at radius 3 is 2.41 bits per heavy atom. The number of benzene rings is 1. The third kappa shape index (κ3) is 3.20. The predicted molar refractivity (Wildman–Crippen MR) is 71.1 cm³/mol. The Balaban J connectivity index is 2.25. The summed E-state index contributed by atoms with van der Waals surface area (Å²) < 4.78 is 0. The van der Waals surface area contributed by atoms with Crippen LogP contribution in [0.1, 0.15) is 5.56 Å². The van der Waals surface area contributed by atoms with Crippen LogP contribution in [0.3, 0.4) is 0 Å². The van der Waals surface area contributed by atoms with Crippen LogP contribution in [0.15, 0.2) is 35.4 Å². The summed E-state index contributed by atoms with van der Waals surface area (Å²) in [5, 5.41) is 9.85. The largest absolute Gasteiger partial charge is 0.352 e. The maximum absolute atomic E-state index is 4.62. The average molecular weight is 232 g/mol. The van der Waals surface area contributed by atoms with Crippen LogP contribution in [0, 0.1) is 0 Å². The number of hydrogen-bond donors (Lipinski definition) is 1. The summed E-state index contributed by atoms with van der Waals surface area (Å²) in [4.78, 5) is 2.34. The maximum Gasteiger partial charge on any atom is 0.156 e. The number of amidine groups is 1. The number of rotatable bonds is 2. The first-order valence-corrected chi connectivity index (χ1v) is 6.04. The topological polar surface area (TPSA) is 30.9 Å². The highest BCUT2D eigenvalue weighted by molar-refractivity contribution is 5.98. The van der Waals surface area contributed by atoms with Crippen LogP contribution in [-0.4, -0.2) is 56.0 Å². The van der Waals surface area contributed by atoms with E-state index < -0.39 is 0 Å². The molecular weight excluding hydrogens is 212 g/mol. The van der Waals surface area contributed by atoms with Crippen LogP contribution >= 0.6 is 0 Å². The van der Waals surface area contributed by atoms with E-state index in [2.05, 4.69) is 39.6 Å². The third-order valence-corrected chi connectivity index (χ3v) is 2.74. The normalized spacial score (nSPS) is 17.1. The molecule has 0 spiro atoms. The molecule has 1 saturated heterocycles. The van der Waals surface area contributed by atoms with Gasteiger partial charge in [0.2, 0.25) is 0 Å². The van der Waals surface area contributed by atoms with Crippen molar-refractivity contribution in [3.05, 3.63) is 35.9 Å². The van der Waals surface area contributed by atoms with Crippen molar-refractivity contribution in [2.75, 3.05) is 40.3 Å². The van der Waals surface area contributed by atoms with Gasteiger partial charge in [0.25, 0.3) is 0 Å². The Morgan fingerprint density at radius 2 is 1.82 bits per heavy atom. The van der Waals surface area contributed by atoms with Crippen molar-refractivity contribution in [2.24, 2.45) is 5.10 Å². The lowest BCUT2D eigenvalue weighted by molar-refractivity contribution is 0.342. The minimum absolute atomic E-state index is 1.02. The second kappa shape index (κ2) is 5.68. The minimum Gasteiger partial charge on any atom is -0.352 e. The lowest BCUT2D eigenvalue weighted by atomic mass is 10.2. The Hall–Kier alpha value is -1.55. The second-order valence-electron chi connectivity index (χ2n) is 4.37. The minimum atomic E-state index is 1.02. The molecule has 0 unspecified atom stereocenters. The zero-order valence-corrected chi connectivity index (χ0v) is 10.6. The van der Waals surface area contributed by atoms with Gasteiger partial charge in [-0.25, -0.2) is 0 Å². The molecule has 0 amide bonds. The number of hydrazone groups is 1. The molecule has 0 aromatic heterocycles. The quantitative estimate of drug-likeness (QED) is 0.465. The maximum atomic E-state index is 4.62. The molecule has 0 saturated carbocycles. The van der Waals surface area contributed by atoms with E-state index in [1.54, 1.807) is 0 Å². The van der Waals surface area contributed by atoms with E-state index in [1.807, 2.05) is 25.2 Å². The van der Waals surface area contributed by atoms with E-state index in [1.165, 1.54) is 5.56 Å². The van der Waals surface area contributed by atoms with Crippen LogP contribution in [0.4, 0.5) is 0 Å². The fourth-order valence-corrected chi connectivity index (χ4v) is 1.96. The standard InChI is InChI=1S/C13H20N4/c1-16(2)15-13(12-6-4-3-5-7-12)17-10-8-14-9-11-17/h3-7,14H,8-11H2,1-2H3/b15-13+. The molecule has 17 heavy (non-hydrogen) atoms. The first kappa shape index (κ1) is 11.9. The Labute approximate surface area is 103 Å². The molecule has 1 N–H and O–H groups in total. The third-order valence-electron chi connectivity index (χ3n) is 2.74. The van der Waals surface area contributed by atoms with Crippen LogP contribution < -0.4 is 5.32 Å². The average Bonchev–Trinajstić information content (AvgIpc) is 2.38. The summed E-state index contributed by atoms with van der Waals surface area (Å²) in [5.41, 5.74) is 1.18. The van der Waals surface area contributed by atoms with Crippen molar-refractivity contribution in [1.82, 2.24) is 15.2 Å². The summed E-state index contributed by atoms with van der Waals surface area (Å²) >= 11 is 0. The molecule has 1 heterocycles. The van der Waals surface area contributed by atoms with Crippen molar-refractivity contribution in [2.45, 2.75) is 0 Å². The van der Waals surface area contributed by atoms with Gasteiger partial charge < -0.3 is 15.2 Å². The van der Waals surface area contributed by atoms with Crippen LogP contribution in [0.25, 0.3) is 0 Å². The van der Waals surface area contributed by atoms with Gasteiger partial charge in [-0.3, -0.25) is 0 Å². The fourth-order valence-electron chi connectivity index (χ4n) is 1.96. The van der Waals surface area contributed by atoms with Crippen molar-refractivity contribution in [1.29, 1.82) is 0 Å². The van der Waals surface area contributed by atoms with Crippen molar-refractivity contribution in [3.63, 3.8) is 0 Å². The molecule has 1 aliphatic rings. The van der Waals surface area contributed by atoms with Gasteiger partial charge in [-0.1, -0.05) is 30.3 Å². The van der Waals surface area contributed by atoms with Gasteiger partial charge in [0.15, 0.2) is 5.84 Å². The van der Waals surface area contributed by atoms with Crippen LogP contribution in [0.5, 0.6) is 0 Å². The molecule has 1 aliphatic heterocycles. The molecule has 1 fully saturated rings. The summed E-state index contributed by atoms with van der Waals surface area (Å²) in [5.74, 6) is 1.07. The zero-order chi connectivity index (χ0) is 12.1. The zero-order valence-electron chi connectivity index (χ0n) is 10.6. The molecule has 1 aromatic rings. The lowest BCUT2D eigenvalue weighted by Gasteiger charge is -2.31. The van der Waals surface area contributed by atoms with Gasteiger partial charge in [-0.2, -0.15) is 5.10 Å². The molecule has 4 nitrogen and oxygen atoms in total. The molecule has 1 aromatic carbocycles. The molecule has 92 valence electrons. The highest BCUT2D eigenvalue weighted by Crippen LogP contribution is 2.07. The molecular formula is C13H20N4. The van der Waals surface area contributed by atoms with Gasteiger partial charge in [0.05, 0.1) is 0 Å². The SMILES string of the molecule is CN(C)/N=C(\c1ccccc1)N1CCNCC1. The van der Waals surface area contributed by atoms with Gasteiger partial charge in [0, 0.05) is 45.8 Å². The molecule has 0 atom stereocenters. The van der Waals surface area contributed by atoms with Crippen LogP contribution in [-0.2, 0) is 0 Å². The highest BCUT2D eigenvalue weighted by Gasteiger charge is 2.16. The fraction of sp³-hybridized carbons (Fsp3) is 0.462. The number of nitrogens with one attached hydrogen (secondary N) is 1. The van der Waals surface area contributed by atoms with E-state index in [0.717, 1.165) is 32.0 Å². The van der Waals surface area contributed by atoms with Crippen molar-refractivity contribution >= 4 is 5.84 Å². The first-order valence-electron chi connectivity index (χ1n) is 6.04. The monoisotopic (exact) mass is 232 g/mol. The molecule has 2 rings (SSSR count). The molecule has 0 bridgehead atoms. The van der Waals surface area contributed by atoms with E-state index in [0.29, 0.717) is 0 Å². The summed E-state index contributed by atoms with van der Waals surface area (Å²) in [6.45, 7) is 4.09. The van der Waals surface area contributed by atoms with E-state index in [-0.39, 0.29) is 0 Å². The second-order valence-corrected chi connectivity index (χ2v) is 4.37. The Kier molecular flexibility index (Phi) is 3.98. The van der Waals surface area contributed by atoms with Gasteiger partial charge >= 0.3 is 0 Å². The number of hydrogen-bond acceptors (Lipinski definition) is 3. The Bertz CT molecular complexity index is 366. The Morgan fingerprint density at radius 1 is 1.18 bits per heavy atom. The smallest absolute Gasteiger partial charge is 0.156 e. The van der Waals surface area contributed by atoms with Crippen molar-refractivity contribution < 1.29 is 0 Å². The van der Waals surface area contributed by atoms with E-state index in [4.69, 9.17) is 0 Å². The van der Waals surface area contributed by atoms with Crippen LogP contribution in [0.2, 0.25) is 0 Å². The van der Waals surface area contributed by atoms with E-state index in [9.17, 15) is 0 Å². The number of piperazine rings is 1. The molecule has 4 heteroatoms. The summed E-state index contributed by atoms with van der Waals surface area (Å²) in [7, 11) is 3.93. The van der Waals surface area contributed by atoms with Gasteiger partial charge in [-0.05, 0) is 0 Å². The predicted octanol–water partition coefficient (Wildman–Crippen LogP) is 0.815. The molecule has 0 radical (unpaired) electrons. The highest BCUT2D eigenvalue weighted by atomic mass is 15.5. The van der Waals surface area contributed by atoms with E-state index >= 15 is 0 Å². The molecule has 0 aliphatic carbocycles. The van der Waals surface area contributed by atoms with Crippen molar-refractivity contribution in [3.8, 4) is 0 Å². The van der Waals surface area contributed by atoms with Gasteiger partial charge in [-0.15, -0.1) is 0 Å². The summed E-state index contributed by atoms with van der Waals surface area (Å²) in [6, 6.07) is 10.4.